The summed E-state index contributed by atoms with van der Waals surface area (Å²) in [7, 11) is 0. The van der Waals surface area contributed by atoms with Gasteiger partial charge in [-0.1, -0.05) is 0 Å². The summed E-state index contributed by atoms with van der Waals surface area (Å²) >= 11 is 0. The predicted octanol–water partition coefficient (Wildman–Crippen LogP) is -2.57. The minimum atomic E-state index is -0.718. The summed E-state index contributed by atoms with van der Waals surface area (Å²) in [5, 5.41) is 5.37. The smallest absolute Gasteiger partial charge is 0.239 e. The molecule has 0 rings (SSSR count). The Labute approximate surface area is 154 Å². The Kier molecular flexibility index (Phi) is 10.7. The van der Waals surface area contributed by atoms with Gasteiger partial charge in [0.05, 0.1) is 12.6 Å². The van der Waals surface area contributed by atoms with Gasteiger partial charge in [-0.05, 0) is 39.5 Å². The average Bonchev–Trinajstić information content (AvgIpc) is 2.52. The van der Waals surface area contributed by atoms with Crippen LogP contribution in [0, 0.1) is 0 Å². The molecule has 0 bridgehead atoms. The topological polar surface area (TPSA) is 213 Å². The van der Waals surface area contributed by atoms with E-state index in [1.54, 1.807) is 0 Å². The second kappa shape index (κ2) is 11.9. The van der Waals surface area contributed by atoms with Crippen molar-refractivity contribution < 1.29 is 9.59 Å². The van der Waals surface area contributed by atoms with E-state index in [1.165, 1.54) is 0 Å². The maximum atomic E-state index is 12.0. The average molecular weight is 371 g/mol. The van der Waals surface area contributed by atoms with Crippen LogP contribution in [0.3, 0.4) is 0 Å². The molecule has 150 valence electrons. The van der Waals surface area contributed by atoms with Gasteiger partial charge >= 0.3 is 0 Å². The molecule has 0 aliphatic rings. The predicted molar refractivity (Wildman–Crippen MR) is 103 cm³/mol. The van der Waals surface area contributed by atoms with E-state index in [9.17, 15) is 9.59 Å². The first-order valence-electron chi connectivity index (χ1n) is 8.48. The molecule has 0 saturated carbocycles. The highest BCUT2D eigenvalue weighted by Gasteiger charge is 2.21. The van der Waals surface area contributed by atoms with E-state index in [0.29, 0.717) is 32.4 Å². The summed E-state index contributed by atoms with van der Waals surface area (Å²) in [6.45, 7) is 4.53. The molecule has 1 unspecified atom stereocenters. The number of amides is 2. The van der Waals surface area contributed by atoms with Crippen LogP contribution < -0.4 is 39.3 Å². The van der Waals surface area contributed by atoms with E-state index in [4.69, 9.17) is 28.7 Å². The molecule has 0 fully saturated rings. The van der Waals surface area contributed by atoms with Gasteiger partial charge in [-0.15, -0.1) is 0 Å². The molecule has 26 heavy (non-hydrogen) atoms. The van der Waals surface area contributed by atoms with E-state index in [1.807, 2.05) is 13.8 Å². The first-order valence-corrected chi connectivity index (χ1v) is 8.48. The third kappa shape index (κ3) is 12.8. The number of rotatable bonds is 12. The molecule has 0 heterocycles. The fourth-order valence-corrected chi connectivity index (χ4v) is 2.16. The van der Waals surface area contributed by atoms with Crippen molar-refractivity contribution in [2.45, 2.75) is 51.1 Å². The maximum absolute atomic E-state index is 12.0. The van der Waals surface area contributed by atoms with Gasteiger partial charge in [0.25, 0.3) is 0 Å². The SMILES string of the molecule is CC(C)(CCCN=C(N)N)NC(=O)CNC(=O)C(N)CCCN=C(N)N. The lowest BCUT2D eigenvalue weighted by atomic mass is 9.98. The van der Waals surface area contributed by atoms with Gasteiger partial charge in [-0.2, -0.15) is 0 Å². The van der Waals surface area contributed by atoms with Crippen LogP contribution in [0.15, 0.2) is 9.98 Å². The highest BCUT2D eigenvalue weighted by atomic mass is 16.2. The molecule has 2 amide bonds. The quantitative estimate of drug-likeness (QED) is 0.110. The Morgan fingerprint density at radius 3 is 2.08 bits per heavy atom. The second-order valence-corrected chi connectivity index (χ2v) is 6.62. The number of hydrogen-bond donors (Lipinski definition) is 7. The fraction of sp³-hybridized carbons (Fsp3) is 0.733. The molecule has 0 radical (unpaired) electrons. The summed E-state index contributed by atoms with van der Waals surface area (Å²) in [5.41, 5.74) is 26.3. The third-order valence-electron chi connectivity index (χ3n) is 3.46. The Morgan fingerprint density at radius 1 is 1.00 bits per heavy atom. The molecule has 0 aromatic heterocycles. The Hall–Kier alpha value is -2.56. The van der Waals surface area contributed by atoms with Crippen LogP contribution >= 0.6 is 0 Å². The van der Waals surface area contributed by atoms with Crippen molar-refractivity contribution in [3.8, 4) is 0 Å². The molecular weight excluding hydrogens is 338 g/mol. The molecule has 0 aliphatic carbocycles. The molecule has 0 aromatic rings. The van der Waals surface area contributed by atoms with Gasteiger partial charge in [-0.3, -0.25) is 19.6 Å². The molecule has 0 aliphatic heterocycles. The fourth-order valence-electron chi connectivity index (χ4n) is 2.16. The minimum Gasteiger partial charge on any atom is -0.370 e. The number of hydrogen-bond acceptors (Lipinski definition) is 5. The molecule has 0 saturated heterocycles. The number of nitrogens with zero attached hydrogens (tertiary/aromatic N) is 2. The van der Waals surface area contributed by atoms with Crippen molar-refractivity contribution in [3.05, 3.63) is 0 Å². The van der Waals surface area contributed by atoms with Crippen LogP contribution in [0.4, 0.5) is 0 Å². The van der Waals surface area contributed by atoms with Gasteiger partial charge < -0.3 is 39.3 Å². The number of aliphatic imine (C=N–C) groups is 2. The van der Waals surface area contributed by atoms with Gasteiger partial charge in [0.2, 0.25) is 11.8 Å². The summed E-state index contributed by atoms with van der Waals surface area (Å²) < 4.78 is 0. The zero-order chi connectivity index (χ0) is 20.2. The first kappa shape index (κ1) is 23.4. The summed E-state index contributed by atoms with van der Waals surface area (Å²) in [6.07, 6.45) is 2.40. The highest BCUT2D eigenvalue weighted by Crippen LogP contribution is 2.10. The van der Waals surface area contributed by atoms with Crippen molar-refractivity contribution >= 4 is 23.7 Å². The third-order valence-corrected chi connectivity index (χ3v) is 3.46. The molecule has 11 nitrogen and oxygen atoms in total. The van der Waals surface area contributed by atoms with Crippen LogP contribution in [0.2, 0.25) is 0 Å². The Bertz CT molecular complexity index is 509. The minimum absolute atomic E-state index is 0.000562. The second-order valence-electron chi connectivity index (χ2n) is 6.62. The number of nitrogens with two attached hydrogens (primary N) is 5. The van der Waals surface area contributed by atoms with Gasteiger partial charge in [0.15, 0.2) is 11.9 Å². The number of nitrogens with one attached hydrogen (secondary N) is 2. The van der Waals surface area contributed by atoms with Crippen molar-refractivity contribution in [1.29, 1.82) is 0 Å². The maximum Gasteiger partial charge on any atom is 0.239 e. The van der Waals surface area contributed by atoms with Crippen molar-refractivity contribution in [3.63, 3.8) is 0 Å². The molecule has 11 heteroatoms. The normalized spacial score (nSPS) is 12.0. The van der Waals surface area contributed by atoms with Crippen LogP contribution in [-0.2, 0) is 9.59 Å². The standard InChI is InChI=1S/C15H33N9O2/c1-15(2,6-4-8-22-14(19)20)24-11(25)9-23-12(26)10(16)5-3-7-21-13(17)18/h10H,3-9,16H2,1-2H3,(H,23,26)(H,24,25)(H4,17,18,21)(H4,19,20,22). The molecule has 0 aromatic carbocycles. The van der Waals surface area contributed by atoms with Crippen LogP contribution in [0.1, 0.15) is 39.5 Å². The molecule has 12 N–H and O–H groups in total. The van der Waals surface area contributed by atoms with E-state index in [0.717, 1.165) is 6.42 Å². The molecule has 0 spiro atoms. The van der Waals surface area contributed by atoms with Crippen molar-refractivity contribution in [2.24, 2.45) is 38.7 Å². The van der Waals surface area contributed by atoms with Crippen molar-refractivity contribution in [1.82, 2.24) is 10.6 Å². The van der Waals surface area contributed by atoms with Gasteiger partial charge in [0.1, 0.15) is 0 Å². The van der Waals surface area contributed by atoms with Gasteiger partial charge in [-0.25, -0.2) is 0 Å². The van der Waals surface area contributed by atoms with E-state index < -0.39 is 17.5 Å². The monoisotopic (exact) mass is 371 g/mol. The lowest BCUT2D eigenvalue weighted by Crippen LogP contribution is -2.50. The van der Waals surface area contributed by atoms with Crippen molar-refractivity contribution in [2.75, 3.05) is 19.6 Å². The van der Waals surface area contributed by atoms with E-state index >= 15 is 0 Å². The summed E-state index contributed by atoms with van der Waals surface area (Å²) in [4.78, 5) is 31.6. The molecular formula is C15H33N9O2. The van der Waals surface area contributed by atoms with Gasteiger partial charge in [0, 0.05) is 18.6 Å². The zero-order valence-corrected chi connectivity index (χ0v) is 15.6. The van der Waals surface area contributed by atoms with Crippen LogP contribution in [0.5, 0.6) is 0 Å². The number of guanidine groups is 2. The Balaban J connectivity index is 4.09. The number of carbonyl (C=O) groups is 2. The van der Waals surface area contributed by atoms with Crippen LogP contribution in [-0.4, -0.2) is 54.9 Å². The van der Waals surface area contributed by atoms with E-state index in [2.05, 4.69) is 20.6 Å². The molecule has 1 atom stereocenters. The lowest BCUT2D eigenvalue weighted by molar-refractivity contribution is -0.127. The number of carbonyl (C=O) groups excluding carboxylic acids is 2. The van der Waals surface area contributed by atoms with Crippen LogP contribution in [0.25, 0.3) is 0 Å². The largest absolute Gasteiger partial charge is 0.370 e. The highest BCUT2D eigenvalue weighted by molar-refractivity contribution is 5.87. The lowest BCUT2D eigenvalue weighted by Gasteiger charge is -2.26. The first-order chi connectivity index (χ1) is 12.0. The summed E-state index contributed by atoms with van der Waals surface area (Å²) in [6, 6.07) is -0.718. The Morgan fingerprint density at radius 2 is 1.54 bits per heavy atom. The van der Waals surface area contributed by atoms with E-state index in [-0.39, 0.29) is 24.4 Å². The zero-order valence-electron chi connectivity index (χ0n) is 15.6. The summed E-state index contributed by atoms with van der Waals surface area (Å²) in [5.74, 6) is -0.641.